The molecule has 0 bridgehead atoms. The van der Waals surface area contributed by atoms with Crippen LogP contribution < -0.4 is 19.5 Å². The molecule has 42 heavy (non-hydrogen) atoms. The van der Waals surface area contributed by atoms with E-state index in [2.05, 4.69) is 5.32 Å². The average Bonchev–Trinajstić information content (AvgIpc) is 3.03. The molecule has 0 aliphatic heterocycles. The van der Waals surface area contributed by atoms with E-state index in [0.717, 1.165) is 28.9 Å². The van der Waals surface area contributed by atoms with E-state index in [0.29, 0.717) is 42.9 Å². The zero-order chi connectivity index (χ0) is 29.6. The highest BCUT2D eigenvalue weighted by molar-refractivity contribution is 6.03. The number of methoxy groups -OCH3 is 1. The van der Waals surface area contributed by atoms with Crippen molar-refractivity contribution in [1.82, 2.24) is 5.32 Å². The van der Waals surface area contributed by atoms with E-state index in [-0.39, 0.29) is 24.6 Å². The number of hydrogen-bond donors (Lipinski definition) is 1. The van der Waals surface area contributed by atoms with Crippen LogP contribution in [0.4, 0.5) is 0 Å². The molecule has 1 N–H and O–H groups in total. The number of carbonyl (C=O) groups excluding carboxylic acids is 3. The van der Waals surface area contributed by atoms with Gasteiger partial charge in [0.1, 0.15) is 24.7 Å². The van der Waals surface area contributed by atoms with E-state index in [1.54, 1.807) is 25.3 Å². The van der Waals surface area contributed by atoms with Crippen molar-refractivity contribution < 1.29 is 28.6 Å². The minimum Gasteiger partial charge on any atom is -0.497 e. The molecule has 4 rings (SSSR count). The summed E-state index contributed by atoms with van der Waals surface area (Å²) in [5.41, 5.74) is 3.37. The first-order valence-corrected chi connectivity index (χ1v) is 13.9. The molecule has 0 fully saturated rings. The van der Waals surface area contributed by atoms with Crippen LogP contribution >= 0.6 is 0 Å². The minimum absolute atomic E-state index is 0.0906. The Morgan fingerprint density at radius 3 is 1.98 bits per heavy atom. The summed E-state index contributed by atoms with van der Waals surface area (Å²) in [7, 11) is 1.62. The van der Waals surface area contributed by atoms with E-state index in [1.807, 2.05) is 84.9 Å². The Labute approximate surface area is 246 Å². The number of Topliss-reactive ketones (excluding diaryl/α,β-unsaturated/α-hetero) is 2. The summed E-state index contributed by atoms with van der Waals surface area (Å²) in [5.74, 6) is 1.20. The maximum atomic E-state index is 13.5. The molecule has 0 saturated carbocycles. The molecule has 4 aromatic carbocycles. The molecule has 216 valence electrons. The molecule has 4 aromatic rings. The van der Waals surface area contributed by atoms with Gasteiger partial charge in [0.15, 0.2) is 17.3 Å². The van der Waals surface area contributed by atoms with Crippen molar-refractivity contribution in [3.05, 3.63) is 125 Å². The molecular formula is C35H35NO6. The smallest absolute Gasteiger partial charge is 0.207 e. The Morgan fingerprint density at radius 2 is 1.38 bits per heavy atom. The van der Waals surface area contributed by atoms with Crippen molar-refractivity contribution in [1.29, 1.82) is 0 Å². The summed E-state index contributed by atoms with van der Waals surface area (Å²) in [4.78, 5) is 37.6. The molecule has 7 heteroatoms. The molecule has 0 aliphatic carbocycles. The molecular weight excluding hydrogens is 530 g/mol. The Bertz CT molecular complexity index is 1440. The third-order valence-corrected chi connectivity index (χ3v) is 6.80. The van der Waals surface area contributed by atoms with Gasteiger partial charge in [-0.2, -0.15) is 0 Å². The van der Waals surface area contributed by atoms with Crippen LogP contribution in [0.15, 0.2) is 103 Å². The Morgan fingerprint density at radius 1 is 0.762 bits per heavy atom. The molecule has 0 radical (unpaired) electrons. The van der Waals surface area contributed by atoms with Crippen LogP contribution in [0.25, 0.3) is 0 Å². The summed E-state index contributed by atoms with van der Waals surface area (Å²) >= 11 is 0. The topological polar surface area (TPSA) is 90.9 Å². The van der Waals surface area contributed by atoms with Crippen molar-refractivity contribution in [3.8, 4) is 17.2 Å². The molecule has 1 unspecified atom stereocenters. The predicted octanol–water partition coefficient (Wildman–Crippen LogP) is 6.13. The van der Waals surface area contributed by atoms with Crippen molar-refractivity contribution in [2.45, 2.75) is 44.9 Å². The van der Waals surface area contributed by atoms with E-state index in [9.17, 15) is 14.4 Å². The standard InChI is InChI=1S/C35H35NO6/c1-40-31-18-15-26(16-19-31)13-8-14-30(38)22-32(36-25-37)35(39)29-17-20-33(41-23-27-9-4-2-5-10-27)34(21-29)42-24-28-11-6-3-7-12-28/h2-7,9-12,15-21,25,32H,8,13-14,22-24H2,1H3,(H,36,37). The molecule has 1 amide bonds. The van der Waals surface area contributed by atoms with Gasteiger partial charge >= 0.3 is 0 Å². The van der Waals surface area contributed by atoms with E-state index in [4.69, 9.17) is 14.2 Å². The molecule has 0 aromatic heterocycles. The van der Waals surface area contributed by atoms with Gasteiger partial charge in [-0.1, -0.05) is 72.8 Å². The Balaban J connectivity index is 1.43. The first-order chi connectivity index (χ1) is 20.6. The maximum absolute atomic E-state index is 13.5. The number of ketones is 2. The van der Waals surface area contributed by atoms with Crippen LogP contribution in [0, 0.1) is 0 Å². The third kappa shape index (κ3) is 9.06. The van der Waals surface area contributed by atoms with Crippen molar-refractivity contribution in [3.63, 3.8) is 0 Å². The minimum atomic E-state index is -0.978. The zero-order valence-electron chi connectivity index (χ0n) is 23.7. The second-order valence-electron chi connectivity index (χ2n) is 9.86. The number of hydrogen-bond acceptors (Lipinski definition) is 6. The van der Waals surface area contributed by atoms with Gasteiger partial charge in [0, 0.05) is 18.4 Å². The Kier molecular flexibility index (Phi) is 11.3. The second-order valence-corrected chi connectivity index (χ2v) is 9.86. The largest absolute Gasteiger partial charge is 0.497 e. The van der Waals surface area contributed by atoms with Gasteiger partial charge in [-0.25, -0.2) is 0 Å². The second kappa shape index (κ2) is 15.8. The first-order valence-electron chi connectivity index (χ1n) is 13.9. The van der Waals surface area contributed by atoms with Crippen LogP contribution in [0.5, 0.6) is 17.2 Å². The van der Waals surface area contributed by atoms with Crippen molar-refractivity contribution in [2.24, 2.45) is 0 Å². The van der Waals surface area contributed by atoms with E-state index < -0.39 is 6.04 Å². The van der Waals surface area contributed by atoms with Gasteiger partial charge in [0.2, 0.25) is 6.41 Å². The highest BCUT2D eigenvalue weighted by Gasteiger charge is 2.24. The first kappa shape index (κ1) is 30.1. The molecule has 0 aliphatic rings. The lowest BCUT2D eigenvalue weighted by molar-refractivity contribution is -0.119. The van der Waals surface area contributed by atoms with Gasteiger partial charge in [-0.3, -0.25) is 14.4 Å². The number of rotatable bonds is 17. The number of carbonyl (C=O) groups is 3. The number of benzene rings is 4. The maximum Gasteiger partial charge on any atom is 0.207 e. The fourth-order valence-corrected chi connectivity index (χ4v) is 4.49. The van der Waals surface area contributed by atoms with Crippen molar-refractivity contribution >= 4 is 18.0 Å². The van der Waals surface area contributed by atoms with Crippen LogP contribution in [0.1, 0.15) is 46.3 Å². The average molecular weight is 566 g/mol. The summed E-state index contributed by atoms with van der Waals surface area (Å²) < 4.78 is 17.3. The van der Waals surface area contributed by atoms with Gasteiger partial charge < -0.3 is 19.5 Å². The molecule has 7 nitrogen and oxygen atoms in total. The predicted molar refractivity (Wildman–Crippen MR) is 161 cm³/mol. The highest BCUT2D eigenvalue weighted by atomic mass is 16.5. The molecule has 1 atom stereocenters. The van der Waals surface area contributed by atoms with Crippen LogP contribution in [-0.2, 0) is 29.2 Å². The van der Waals surface area contributed by atoms with Crippen molar-refractivity contribution in [2.75, 3.05) is 7.11 Å². The highest BCUT2D eigenvalue weighted by Crippen LogP contribution is 2.31. The number of amides is 1. The number of aryl methyl sites for hydroxylation is 1. The number of nitrogens with one attached hydrogen (secondary N) is 1. The Hall–Kier alpha value is -4.91. The SMILES string of the molecule is COc1ccc(CCCC(=O)CC(NC=O)C(=O)c2ccc(OCc3ccccc3)c(OCc3ccccc3)c2)cc1. The summed E-state index contributed by atoms with van der Waals surface area (Å²) in [6.07, 6.45) is 2.03. The quantitative estimate of drug-likeness (QED) is 0.122. The fourth-order valence-electron chi connectivity index (χ4n) is 4.49. The summed E-state index contributed by atoms with van der Waals surface area (Å²) in [6.45, 7) is 0.610. The summed E-state index contributed by atoms with van der Waals surface area (Å²) in [5, 5.41) is 2.53. The van der Waals surface area contributed by atoms with Crippen LogP contribution in [0.3, 0.4) is 0 Å². The lowest BCUT2D eigenvalue weighted by Gasteiger charge is -2.17. The lowest BCUT2D eigenvalue weighted by Crippen LogP contribution is -2.37. The molecule has 0 heterocycles. The normalized spacial score (nSPS) is 11.3. The van der Waals surface area contributed by atoms with E-state index in [1.165, 1.54) is 0 Å². The zero-order valence-corrected chi connectivity index (χ0v) is 23.7. The third-order valence-electron chi connectivity index (χ3n) is 6.80. The summed E-state index contributed by atoms with van der Waals surface area (Å²) in [6, 6.07) is 31.1. The van der Waals surface area contributed by atoms with Crippen LogP contribution in [0.2, 0.25) is 0 Å². The molecule has 0 spiro atoms. The van der Waals surface area contributed by atoms with Gasteiger partial charge in [0.25, 0.3) is 0 Å². The van der Waals surface area contributed by atoms with E-state index >= 15 is 0 Å². The van der Waals surface area contributed by atoms with Gasteiger partial charge in [-0.15, -0.1) is 0 Å². The monoisotopic (exact) mass is 565 g/mol. The number of ether oxygens (including phenoxy) is 3. The lowest BCUT2D eigenvalue weighted by atomic mass is 9.97. The fraction of sp³-hybridized carbons (Fsp3) is 0.229. The van der Waals surface area contributed by atoms with Gasteiger partial charge in [0.05, 0.1) is 13.2 Å². The van der Waals surface area contributed by atoms with Gasteiger partial charge in [-0.05, 0) is 59.9 Å². The van der Waals surface area contributed by atoms with Crippen LogP contribution in [-0.4, -0.2) is 31.1 Å². The molecule has 0 saturated heterocycles.